The Hall–Kier alpha value is -3.48. The van der Waals surface area contributed by atoms with Gasteiger partial charge in [0.05, 0.1) is 11.9 Å². The van der Waals surface area contributed by atoms with Crippen LogP contribution in [-0.4, -0.2) is 27.8 Å². The number of esters is 1. The second-order valence-electron chi connectivity index (χ2n) is 5.91. The monoisotopic (exact) mass is 367 g/mol. The van der Waals surface area contributed by atoms with E-state index >= 15 is 0 Å². The van der Waals surface area contributed by atoms with Crippen LogP contribution in [-0.2, 0) is 9.53 Å². The summed E-state index contributed by atoms with van der Waals surface area (Å²) in [6.45, 7) is 3.11. The van der Waals surface area contributed by atoms with Crippen LogP contribution in [0, 0.1) is 12.7 Å². The maximum Gasteiger partial charge on any atom is 0.342 e. The van der Waals surface area contributed by atoms with Crippen molar-refractivity contribution in [1.82, 2.24) is 9.78 Å². The van der Waals surface area contributed by atoms with Crippen molar-refractivity contribution >= 4 is 17.6 Å². The van der Waals surface area contributed by atoms with Crippen LogP contribution >= 0.6 is 0 Å². The van der Waals surface area contributed by atoms with E-state index in [-0.39, 0.29) is 11.3 Å². The Morgan fingerprint density at radius 1 is 1.11 bits per heavy atom. The van der Waals surface area contributed by atoms with Gasteiger partial charge in [0.1, 0.15) is 17.1 Å². The number of nitrogens with zero attached hydrogens (tertiary/aromatic N) is 2. The van der Waals surface area contributed by atoms with Crippen LogP contribution in [0.5, 0.6) is 0 Å². The van der Waals surface area contributed by atoms with E-state index in [0.29, 0.717) is 11.4 Å². The topological polar surface area (TPSA) is 73.2 Å². The van der Waals surface area contributed by atoms with Gasteiger partial charge in [-0.05, 0) is 38.1 Å². The molecule has 27 heavy (non-hydrogen) atoms. The fourth-order valence-electron chi connectivity index (χ4n) is 2.52. The number of aromatic nitrogens is 2. The molecule has 1 aromatic heterocycles. The number of rotatable bonds is 5. The van der Waals surface area contributed by atoms with Gasteiger partial charge in [0.25, 0.3) is 5.91 Å². The van der Waals surface area contributed by atoms with Crippen LogP contribution in [0.25, 0.3) is 5.69 Å². The number of carbonyl (C=O) groups is 2. The molecule has 0 spiro atoms. The summed E-state index contributed by atoms with van der Waals surface area (Å²) >= 11 is 0. The van der Waals surface area contributed by atoms with Crippen molar-refractivity contribution in [2.45, 2.75) is 20.0 Å². The number of halogens is 1. The minimum absolute atomic E-state index is 0.164. The van der Waals surface area contributed by atoms with Gasteiger partial charge in [0.15, 0.2) is 6.10 Å². The van der Waals surface area contributed by atoms with Gasteiger partial charge in [-0.1, -0.05) is 30.3 Å². The standard InChI is InChI=1S/C20H18FN3O3/c1-13-16(12-22-24(13)18-11-7-6-10-17(18)21)20(26)27-14(2)19(25)23-15-8-4-3-5-9-15/h3-12,14H,1-2H3,(H,23,25). The van der Waals surface area contributed by atoms with Gasteiger partial charge < -0.3 is 10.1 Å². The molecule has 0 radical (unpaired) electrons. The van der Waals surface area contributed by atoms with E-state index in [2.05, 4.69) is 10.4 Å². The van der Waals surface area contributed by atoms with Crippen LogP contribution in [0.15, 0.2) is 60.8 Å². The number of carbonyl (C=O) groups excluding carboxylic acids is 2. The zero-order valence-electron chi connectivity index (χ0n) is 14.8. The van der Waals surface area contributed by atoms with Gasteiger partial charge in [-0.25, -0.2) is 13.9 Å². The number of amides is 1. The molecule has 1 N–H and O–H groups in total. The summed E-state index contributed by atoms with van der Waals surface area (Å²) in [6, 6.07) is 15.0. The van der Waals surface area contributed by atoms with Crippen LogP contribution < -0.4 is 5.32 Å². The van der Waals surface area contributed by atoms with Crippen LogP contribution in [0.3, 0.4) is 0 Å². The molecule has 3 aromatic rings. The molecule has 1 amide bonds. The van der Waals surface area contributed by atoms with Crippen molar-refractivity contribution in [3.05, 3.63) is 77.9 Å². The highest BCUT2D eigenvalue weighted by atomic mass is 19.1. The number of anilines is 1. The Morgan fingerprint density at radius 3 is 2.48 bits per heavy atom. The molecule has 138 valence electrons. The highest BCUT2D eigenvalue weighted by Crippen LogP contribution is 2.18. The molecule has 1 heterocycles. The van der Waals surface area contributed by atoms with Gasteiger partial charge in [-0.15, -0.1) is 0 Å². The van der Waals surface area contributed by atoms with Crippen molar-refractivity contribution in [3.63, 3.8) is 0 Å². The summed E-state index contributed by atoms with van der Waals surface area (Å²) in [5, 5.41) is 6.73. The van der Waals surface area contributed by atoms with E-state index in [1.807, 2.05) is 6.07 Å². The van der Waals surface area contributed by atoms with Crippen LogP contribution in [0.1, 0.15) is 23.0 Å². The first-order valence-electron chi connectivity index (χ1n) is 8.34. The Labute approximate surface area is 155 Å². The number of benzene rings is 2. The normalized spacial score (nSPS) is 11.7. The van der Waals surface area contributed by atoms with E-state index in [1.165, 1.54) is 23.9 Å². The fourth-order valence-corrected chi connectivity index (χ4v) is 2.52. The molecule has 0 aliphatic rings. The molecule has 0 aliphatic carbocycles. The van der Waals surface area contributed by atoms with Crippen LogP contribution in [0.2, 0.25) is 0 Å². The minimum atomic E-state index is -1.01. The summed E-state index contributed by atoms with van der Waals surface area (Å²) in [5.41, 5.74) is 1.41. The molecule has 1 atom stereocenters. The minimum Gasteiger partial charge on any atom is -0.449 e. The Bertz CT molecular complexity index is 970. The second-order valence-corrected chi connectivity index (χ2v) is 5.91. The zero-order chi connectivity index (χ0) is 19.4. The molecule has 2 aromatic carbocycles. The zero-order valence-corrected chi connectivity index (χ0v) is 14.8. The number of hydrogen-bond acceptors (Lipinski definition) is 4. The molecule has 1 unspecified atom stereocenters. The predicted octanol–water partition coefficient (Wildman–Crippen LogP) is 3.50. The van der Waals surface area contributed by atoms with Gasteiger partial charge in [0.2, 0.25) is 0 Å². The average molecular weight is 367 g/mol. The lowest BCUT2D eigenvalue weighted by Crippen LogP contribution is -2.30. The third-order valence-electron chi connectivity index (χ3n) is 4.00. The number of ether oxygens (including phenoxy) is 1. The molecule has 7 heteroatoms. The Kier molecular flexibility index (Phi) is 5.30. The molecular formula is C20H18FN3O3. The van der Waals surface area contributed by atoms with E-state index in [9.17, 15) is 14.0 Å². The van der Waals surface area contributed by atoms with E-state index in [1.54, 1.807) is 49.4 Å². The highest BCUT2D eigenvalue weighted by Gasteiger charge is 2.23. The fraction of sp³-hybridized carbons (Fsp3) is 0.150. The molecule has 0 fully saturated rings. The quantitative estimate of drug-likeness (QED) is 0.701. The second kappa shape index (κ2) is 7.82. The van der Waals surface area contributed by atoms with Gasteiger partial charge in [-0.3, -0.25) is 4.79 Å². The molecular weight excluding hydrogens is 349 g/mol. The third-order valence-corrected chi connectivity index (χ3v) is 4.00. The molecule has 0 saturated carbocycles. The van der Waals surface area contributed by atoms with Crippen molar-refractivity contribution in [2.75, 3.05) is 5.32 Å². The van der Waals surface area contributed by atoms with Gasteiger partial charge in [-0.2, -0.15) is 5.10 Å². The maximum atomic E-state index is 14.0. The number of hydrogen-bond donors (Lipinski definition) is 1. The van der Waals surface area contributed by atoms with Gasteiger partial charge >= 0.3 is 5.97 Å². The predicted molar refractivity (Wildman–Crippen MR) is 98.2 cm³/mol. The Morgan fingerprint density at radius 2 is 1.78 bits per heavy atom. The summed E-state index contributed by atoms with van der Waals surface area (Å²) in [7, 11) is 0. The summed E-state index contributed by atoms with van der Waals surface area (Å²) in [4.78, 5) is 24.6. The molecule has 0 saturated heterocycles. The first kappa shape index (κ1) is 18.3. The van der Waals surface area contributed by atoms with Crippen LogP contribution in [0.4, 0.5) is 10.1 Å². The Balaban J connectivity index is 1.71. The lowest BCUT2D eigenvalue weighted by atomic mass is 10.2. The van der Waals surface area contributed by atoms with E-state index < -0.39 is 23.8 Å². The van der Waals surface area contributed by atoms with E-state index in [4.69, 9.17) is 4.74 Å². The highest BCUT2D eigenvalue weighted by molar-refractivity contribution is 5.97. The molecule has 6 nitrogen and oxygen atoms in total. The van der Waals surface area contributed by atoms with Crippen molar-refractivity contribution in [1.29, 1.82) is 0 Å². The summed E-state index contributed by atoms with van der Waals surface area (Å²) in [5.74, 6) is -1.61. The average Bonchev–Trinajstić information content (AvgIpc) is 3.04. The van der Waals surface area contributed by atoms with E-state index in [0.717, 1.165) is 0 Å². The SMILES string of the molecule is Cc1c(C(=O)OC(C)C(=O)Nc2ccccc2)cnn1-c1ccccc1F. The number of para-hydroxylation sites is 2. The molecule has 0 bridgehead atoms. The van der Waals surface area contributed by atoms with Gasteiger partial charge in [0, 0.05) is 5.69 Å². The summed E-state index contributed by atoms with van der Waals surface area (Å²) in [6.07, 6.45) is 0.292. The first-order valence-corrected chi connectivity index (χ1v) is 8.34. The largest absolute Gasteiger partial charge is 0.449 e. The van der Waals surface area contributed by atoms with Crippen molar-refractivity contribution in [3.8, 4) is 5.69 Å². The third kappa shape index (κ3) is 4.03. The number of nitrogens with one attached hydrogen (secondary N) is 1. The lowest BCUT2D eigenvalue weighted by molar-refractivity contribution is -0.123. The lowest BCUT2D eigenvalue weighted by Gasteiger charge is -2.13. The molecule has 0 aliphatic heterocycles. The van der Waals surface area contributed by atoms with Crippen molar-refractivity contribution in [2.24, 2.45) is 0 Å². The smallest absolute Gasteiger partial charge is 0.342 e. The maximum absolute atomic E-state index is 14.0. The first-order chi connectivity index (χ1) is 13.0. The van der Waals surface area contributed by atoms with Crippen molar-refractivity contribution < 1.29 is 18.7 Å². The summed E-state index contributed by atoms with van der Waals surface area (Å²) < 4.78 is 20.5. The molecule has 3 rings (SSSR count).